The van der Waals surface area contributed by atoms with E-state index in [2.05, 4.69) is 10.3 Å². The summed E-state index contributed by atoms with van der Waals surface area (Å²) in [5.74, 6) is 0.663. The second kappa shape index (κ2) is 5.09. The molecule has 3 aromatic heterocycles. The predicted octanol–water partition coefficient (Wildman–Crippen LogP) is 3.66. The quantitative estimate of drug-likeness (QED) is 0.798. The number of carbonyl (C=O) groups is 1. The molecule has 1 N–H and O–H groups in total. The molecule has 5 heteroatoms. The van der Waals surface area contributed by atoms with Crippen molar-refractivity contribution in [3.05, 3.63) is 41.9 Å². The molecule has 0 saturated heterocycles. The minimum atomic E-state index is -0.0690. The second-order valence-electron chi connectivity index (χ2n) is 4.86. The van der Waals surface area contributed by atoms with Crippen LogP contribution in [0.4, 0.5) is 5.82 Å². The minimum absolute atomic E-state index is 0.00606. The Morgan fingerprint density at radius 2 is 2.15 bits per heavy atom. The molecular formula is C15H15N3OS. The summed E-state index contributed by atoms with van der Waals surface area (Å²) in [5, 5.41) is 5.00. The number of anilines is 1. The number of rotatable bonds is 3. The van der Waals surface area contributed by atoms with Crippen molar-refractivity contribution in [3.63, 3.8) is 0 Å². The van der Waals surface area contributed by atoms with Crippen LogP contribution < -0.4 is 5.32 Å². The number of fused-ring (bicyclic) bond motifs is 1. The van der Waals surface area contributed by atoms with Crippen molar-refractivity contribution in [3.8, 4) is 10.6 Å². The monoisotopic (exact) mass is 285 g/mol. The number of imidazole rings is 1. The highest BCUT2D eigenvalue weighted by Gasteiger charge is 2.18. The Labute approximate surface area is 121 Å². The van der Waals surface area contributed by atoms with E-state index in [0.29, 0.717) is 0 Å². The number of nitrogens with one attached hydrogen (secondary N) is 1. The topological polar surface area (TPSA) is 46.4 Å². The fourth-order valence-electron chi connectivity index (χ4n) is 1.96. The largest absolute Gasteiger partial charge is 0.310 e. The van der Waals surface area contributed by atoms with E-state index in [4.69, 9.17) is 0 Å². The number of pyridine rings is 1. The van der Waals surface area contributed by atoms with Gasteiger partial charge in [0, 0.05) is 12.1 Å². The van der Waals surface area contributed by atoms with Crippen molar-refractivity contribution < 1.29 is 4.79 Å². The van der Waals surface area contributed by atoms with Gasteiger partial charge in [-0.15, -0.1) is 11.3 Å². The number of hydrogen-bond donors (Lipinski definition) is 1. The van der Waals surface area contributed by atoms with Crippen molar-refractivity contribution in [1.82, 2.24) is 9.38 Å². The lowest BCUT2D eigenvalue weighted by Crippen LogP contribution is -2.19. The molecule has 20 heavy (non-hydrogen) atoms. The van der Waals surface area contributed by atoms with E-state index >= 15 is 0 Å². The van der Waals surface area contributed by atoms with Gasteiger partial charge in [0.2, 0.25) is 5.91 Å². The third kappa shape index (κ3) is 2.20. The molecule has 0 saturated carbocycles. The predicted molar refractivity (Wildman–Crippen MR) is 82.0 cm³/mol. The van der Waals surface area contributed by atoms with E-state index in [9.17, 15) is 4.79 Å². The Morgan fingerprint density at radius 1 is 1.30 bits per heavy atom. The first-order valence-corrected chi connectivity index (χ1v) is 7.36. The maximum Gasteiger partial charge on any atom is 0.228 e. The smallest absolute Gasteiger partial charge is 0.228 e. The molecule has 1 amide bonds. The summed E-state index contributed by atoms with van der Waals surface area (Å²) in [6, 6.07) is 9.80. The van der Waals surface area contributed by atoms with Crippen LogP contribution in [0.5, 0.6) is 0 Å². The highest BCUT2D eigenvalue weighted by atomic mass is 32.1. The highest BCUT2D eigenvalue weighted by Crippen LogP contribution is 2.32. The van der Waals surface area contributed by atoms with Crippen molar-refractivity contribution in [2.24, 2.45) is 5.92 Å². The van der Waals surface area contributed by atoms with Crippen LogP contribution in [0.25, 0.3) is 16.2 Å². The Morgan fingerprint density at radius 3 is 2.85 bits per heavy atom. The van der Waals surface area contributed by atoms with Crippen LogP contribution in [0.15, 0.2) is 41.9 Å². The molecular weight excluding hydrogens is 270 g/mol. The van der Waals surface area contributed by atoms with Crippen molar-refractivity contribution in [2.45, 2.75) is 13.8 Å². The Kier molecular flexibility index (Phi) is 3.28. The summed E-state index contributed by atoms with van der Waals surface area (Å²) in [6.07, 6.45) is 1.91. The first kappa shape index (κ1) is 12.9. The average Bonchev–Trinajstić information content (AvgIpc) is 3.06. The van der Waals surface area contributed by atoms with Gasteiger partial charge in [-0.3, -0.25) is 9.20 Å². The maximum absolute atomic E-state index is 12.0. The van der Waals surface area contributed by atoms with Crippen LogP contribution in [0.2, 0.25) is 0 Å². The minimum Gasteiger partial charge on any atom is -0.310 e. The first-order chi connectivity index (χ1) is 9.66. The molecule has 0 fully saturated rings. The zero-order valence-corrected chi connectivity index (χ0v) is 12.1. The number of carbonyl (C=O) groups excluding carboxylic acids is 1. The van der Waals surface area contributed by atoms with Gasteiger partial charge in [0.25, 0.3) is 0 Å². The zero-order valence-electron chi connectivity index (χ0n) is 11.3. The van der Waals surface area contributed by atoms with Gasteiger partial charge in [-0.05, 0) is 23.6 Å². The SMILES string of the molecule is CC(C)C(=O)Nc1c(-c2cccs2)nc2ccccn12. The molecule has 0 bridgehead atoms. The van der Waals surface area contributed by atoms with Crippen LogP contribution in [0.3, 0.4) is 0 Å². The molecule has 0 aliphatic rings. The molecule has 0 atom stereocenters. The maximum atomic E-state index is 12.0. The van der Waals surface area contributed by atoms with E-state index in [1.54, 1.807) is 11.3 Å². The lowest BCUT2D eigenvalue weighted by molar-refractivity contribution is -0.118. The number of thiophene rings is 1. The van der Waals surface area contributed by atoms with Crippen LogP contribution in [0, 0.1) is 5.92 Å². The van der Waals surface area contributed by atoms with Gasteiger partial charge in [-0.25, -0.2) is 4.98 Å². The van der Waals surface area contributed by atoms with E-state index in [1.807, 2.05) is 60.2 Å². The van der Waals surface area contributed by atoms with Crippen LogP contribution in [0.1, 0.15) is 13.8 Å². The summed E-state index contributed by atoms with van der Waals surface area (Å²) < 4.78 is 1.91. The number of nitrogens with zero attached hydrogens (tertiary/aromatic N) is 2. The van der Waals surface area contributed by atoms with E-state index in [1.165, 1.54) is 0 Å². The normalized spacial score (nSPS) is 11.2. The van der Waals surface area contributed by atoms with Crippen LogP contribution in [-0.4, -0.2) is 15.3 Å². The molecule has 0 radical (unpaired) electrons. The molecule has 102 valence electrons. The summed E-state index contributed by atoms with van der Waals surface area (Å²) in [6.45, 7) is 3.76. The van der Waals surface area contributed by atoms with Gasteiger partial charge >= 0.3 is 0 Å². The Bertz CT molecular complexity index is 744. The third-order valence-electron chi connectivity index (χ3n) is 3.05. The van der Waals surface area contributed by atoms with Crippen molar-refractivity contribution in [1.29, 1.82) is 0 Å². The Balaban J connectivity index is 2.16. The lowest BCUT2D eigenvalue weighted by Gasteiger charge is -2.08. The molecule has 3 aromatic rings. The van der Waals surface area contributed by atoms with Gasteiger partial charge in [-0.2, -0.15) is 0 Å². The van der Waals surface area contributed by atoms with Crippen LogP contribution in [-0.2, 0) is 4.79 Å². The van der Waals surface area contributed by atoms with Gasteiger partial charge in [0.1, 0.15) is 17.2 Å². The number of amides is 1. The molecule has 0 unspecified atom stereocenters. The molecule has 0 aliphatic heterocycles. The fourth-order valence-corrected chi connectivity index (χ4v) is 2.68. The fraction of sp³-hybridized carbons (Fsp3) is 0.200. The first-order valence-electron chi connectivity index (χ1n) is 6.48. The van der Waals surface area contributed by atoms with Gasteiger partial charge in [0.15, 0.2) is 0 Å². The van der Waals surface area contributed by atoms with Crippen molar-refractivity contribution in [2.75, 3.05) is 5.32 Å². The van der Waals surface area contributed by atoms with E-state index in [0.717, 1.165) is 22.0 Å². The van der Waals surface area contributed by atoms with E-state index < -0.39 is 0 Å². The highest BCUT2D eigenvalue weighted by molar-refractivity contribution is 7.13. The standard InChI is InChI=1S/C15H15N3OS/c1-10(2)15(19)17-14-13(11-6-5-9-20-11)16-12-7-3-4-8-18(12)14/h3-10H,1-2H3,(H,17,19). The average molecular weight is 285 g/mol. The summed E-state index contributed by atoms with van der Waals surface area (Å²) in [4.78, 5) is 17.7. The number of aromatic nitrogens is 2. The summed E-state index contributed by atoms with van der Waals surface area (Å²) >= 11 is 1.61. The van der Waals surface area contributed by atoms with Gasteiger partial charge in [0.05, 0.1) is 4.88 Å². The lowest BCUT2D eigenvalue weighted by atomic mass is 10.2. The van der Waals surface area contributed by atoms with Gasteiger partial charge in [-0.1, -0.05) is 26.0 Å². The molecule has 0 aromatic carbocycles. The molecule has 3 heterocycles. The van der Waals surface area contributed by atoms with Crippen LogP contribution >= 0.6 is 11.3 Å². The Hall–Kier alpha value is -2.14. The van der Waals surface area contributed by atoms with Gasteiger partial charge < -0.3 is 5.32 Å². The second-order valence-corrected chi connectivity index (χ2v) is 5.81. The third-order valence-corrected chi connectivity index (χ3v) is 3.93. The molecule has 0 spiro atoms. The molecule has 4 nitrogen and oxygen atoms in total. The number of hydrogen-bond acceptors (Lipinski definition) is 3. The van der Waals surface area contributed by atoms with E-state index in [-0.39, 0.29) is 11.8 Å². The molecule has 3 rings (SSSR count). The molecule has 0 aliphatic carbocycles. The zero-order chi connectivity index (χ0) is 14.1. The summed E-state index contributed by atoms with van der Waals surface area (Å²) in [5.41, 5.74) is 1.65. The van der Waals surface area contributed by atoms with Crippen molar-refractivity contribution >= 4 is 28.7 Å². The summed E-state index contributed by atoms with van der Waals surface area (Å²) in [7, 11) is 0.